The molecule has 3 nitrogen and oxygen atoms in total. The first-order valence-corrected chi connectivity index (χ1v) is 13.9. The first kappa shape index (κ1) is 20.4. The van der Waals surface area contributed by atoms with E-state index in [4.69, 9.17) is 0 Å². The Hall–Kier alpha value is 1.11. The van der Waals surface area contributed by atoms with Gasteiger partial charge in [-0.1, -0.05) is 26.7 Å². The van der Waals surface area contributed by atoms with Gasteiger partial charge < -0.3 is 17.8 Å². The van der Waals surface area contributed by atoms with Gasteiger partial charge in [-0.3, -0.25) is 4.57 Å². The zero-order valence-electron chi connectivity index (χ0n) is 10.3. The molecule has 0 bridgehead atoms. The summed E-state index contributed by atoms with van der Waals surface area (Å²) in [5, 5.41) is 0. The van der Waals surface area contributed by atoms with Crippen LogP contribution in [0.1, 0.15) is 39.5 Å². The second-order valence-electron chi connectivity index (χ2n) is 3.11. The monoisotopic (exact) mass is 386 g/mol. The van der Waals surface area contributed by atoms with E-state index in [1.807, 2.05) is 13.8 Å². The van der Waals surface area contributed by atoms with E-state index in [1.54, 1.807) is 0 Å². The standard InChI is InChI=1S/C9H18F2O3P.BrH.Zn/c1-3-5-7-13-15(12,9(10)11)14-8-6-4-2;;/h3-8H2,1-2H3;1H;/q-1;;+2/p-1. The van der Waals surface area contributed by atoms with Crippen LogP contribution in [0.15, 0.2) is 0 Å². The van der Waals surface area contributed by atoms with E-state index in [1.165, 1.54) is 16.3 Å². The van der Waals surface area contributed by atoms with E-state index >= 15 is 0 Å². The Labute approximate surface area is 119 Å². The van der Waals surface area contributed by atoms with Gasteiger partial charge in [0.2, 0.25) is 7.60 Å². The van der Waals surface area contributed by atoms with Gasteiger partial charge >= 0.3 is 30.0 Å². The van der Waals surface area contributed by atoms with Gasteiger partial charge in [0.15, 0.2) is 0 Å². The maximum atomic E-state index is 12.3. The van der Waals surface area contributed by atoms with Gasteiger partial charge in [0.05, 0.1) is 13.2 Å². The molecule has 0 fully saturated rings. The summed E-state index contributed by atoms with van der Waals surface area (Å²) >= 11 is 4.25. The van der Waals surface area contributed by atoms with Crippen molar-refractivity contribution in [2.24, 2.45) is 0 Å². The van der Waals surface area contributed by atoms with Gasteiger partial charge in [0.25, 0.3) is 0 Å². The molecule has 8 heteroatoms. The van der Waals surface area contributed by atoms with Crippen molar-refractivity contribution in [2.45, 2.75) is 39.5 Å². The fourth-order valence-corrected chi connectivity index (χ4v) is 1.80. The second kappa shape index (κ2) is 13.5. The Morgan fingerprint density at radius 1 is 1.12 bits per heavy atom. The van der Waals surface area contributed by atoms with Crippen LogP contribution in [-0.2, 0) is 30.0 Å². The second-order valence-corrected chi connectivity index (χ2v) is 4.96. The van der Waals surface area contributed by atoms with Gasteiger partial charge in [-0.2, -0.15) is 0 Å². The van der Waals surface area contributed by atoms with Gasteiger partial charge in [-0.15, -0.1) is 0 Å². The summed E-state index contributed by atoms with van der Waals surface area (Å²) in [4.78, 5) is 0. The van der Waals surface area contributed by atoms with Crippen molar-refractivity contribution in [3.05, 3.63) is 6.17 Å². The van der Waals surface area contributed by atoms with Crippen molar-refractivity contribution < 1.29 is 38.7 Å². The summed E-state index contributed by atoms with van der Waals surface area (Å²) in [7, 11) is -4.27. The molecule has 0 unspecified atom stereocenters. The molecule has 0 saturated carbocycles. The molecule has 0 heterocycles. The molecule has 0 aliphatic carbocycles. The molecule has 0 atom stereocenters. The average Bonchev–Trinajstić information content (AvgIpc) is 2.32. The summed E-state index contributed by atoms with van der Waals surface area (Å²) in [6.45, 7) is 3.86. The Kier molecular flexibility index (Phi) is 16.3. The summed E-state index contributed by atoms with van der Waals surface area (Å²) in [6, 6.07) is 0. The summed E-state index contributed by atoms with van der Waals surface area (Å²) in [5.74, 6) is 0. The van der Waals surface area contributed by atoms with Crippen molar-refractivity contribution in [3.63, 3.8) is 0 Å². The molecule has 17 heavy (non-hydrogen) atoms. The van der Waals surface area contributed by atoms with Crippen LogP contribution in [0.2, 0.25) is 0 Å². The number of rotatable bonds is 9. The van der Waals surface area contributed by atoms with Gasteiger partial charge in [-0.05, 0) is 12.8 Å². The third-order valence-electron chi connectivity index (χ3n) is 1.73. The normalized spacial score (nSPS) is 11.3. The number of hydrogen-bond acceptors (Lipinski definition) is 3. The summed E-state index contributed by atoms with van der Waals surface area (Å²) in [6.07, 6.45) is 0.517. The quantitative estimate of drug-likeness (QED) is 0.240. The van der Waals surface area contributed by atoms with Crippen LogP contribution < -0.4 is 0 Å². The van der Waals surface area contributed by atoms with Crippen molar-refractivity contribution >= 4 is 21.2 Å². The van der Waals surface area contributed by atoms with E-state index < -0.39 is 13.8 Å². The minimum absolute atomic E-state index is 0.0389. The van der Waals surface area contributed by atoms with E-state index in [2.05, 4.69) is 22.7 Å². The van der Waals surface area contributed by atoms with Gasteiger partial charge in [-0.25, -0.2) is 0 Å². The number of halogens is 3. The van der Waals surface area contributed by atoms with Gasteiger partial charge in [0.1, 0.15) is 6.17 Å². The van der Waals surface area contributed by atoms with Crippen molar-refractivity contribution in [1.29, 1.82) is 0 Å². The molecule has 0 aliphatic rings. The third-order valence-corrected chi connectivity index (χ3v) is 3.18. The van der Waals surface area contributed by atoms with Crippen LogP contribution in [0, 0.1) is 6.17 Å². The number of hydrogen-bond donors (Lipinski definition) is 0. The Morgan fingerprint density at radius 2 is 1.47 bits per heavy atom. The maximum absolute atomic E-state index is 12.3. The molecule has 0 aliphatic heterocycles. The molecule has 0 radical (unpaired) electrons. The predicted molar refractivity (Wildman–Crippen MR) is 63.7 cm³/mol. The predicted octanol–water partition coefficient (Wildman–Crippen LogP) is 5.04. The Morgan fingerprint density at radius 3 is 1.71 bits per heavy atom. The van der Waals surface area contributed by atoms with E-state index in [9.17, 15) is 13.3 Å². The topological polar surface area (TPSA) is 35.5 Å². The molecule has 0 N–H and O–H groups in total. The van der Waals surface area contributed by atoms with Crippen LogP contribution in [0.3, 0.4) is 0 Å². The molecular weight excluding hydrogens is 370 g/mol. The zero-order valence-corrected chi connectivity index (χ0v) is 15.7. The Balaban J connectivity index is 0. The van der Waals surface area contributed by atoms with Crippen molar-refractivity contribution in [2.75, 3.05) is 13.2 Å². The fourth-order valence-electron chi connectivity index (χ4n) is 0.793. The molecule has 0 rings (SSSR count). The van der Waals surface area contributed by atoms with E-state index in [-0.39, 0.29) is 13.2 Å². The molecule has 100 valence electrons. The van der Waals surface area contributed by atoms with Crippen LogP contribution >= 0.6 is 21.2 Å². The molecule has 0 aromatic rings. The SMILES string of the molecule is CCCCOP(=O)(OCCCC)[C-](F)F.[Zn+][Br]. The van der Waals surface area contributed by atoms with Gasteiger partial charge in [0, 0.05) is 0 Å². The van der Waals surface area contributed by atoms with E-state index in [0.717, 1.165) is 12.8 Å². The van der Waals surface area contributed by atoms with E-state index in [0.29, 0.717) is 12.8 Å². The molecule has 0 saturated heterocycles. The van der Waals surface area contributed by atoms with Crippen LogP contribution in [0.25, 0.3) is 0 Å². The molecule has 0 spiro atoms. The van der Waals surface area contributed by atoms with Crippen LogP contribution in [-0.4, -0.2) is 13.2 Å². The summed E-state index contributed by atoms with van der Waals surface area (Å²) < 4.78 is 45.4. The minimum atomic E-state index is -4.27. The third kappa shape index (κ3) is 10.7. The van der Waals surface area contributed by atoms with Crippen molar-refractivity contribution in [1.82, 2.24) is 0 Å². The molecular formula is C9H18BrF2O3PZn. The van der Waals surface area contributed by atoms with Crippen molar-refractivity contribution in [3.8, 4) is 0 Å². The fraction of sp³-hybridized carbons (Fsp3) is 0.889. The zero-order chi connectivity index (χ0) is 13.7. The summed E-state index contributed by atoms with van der Waals surface area (Å²) in [5.41, 5.74) is 0. The average molecular weight is 389 g/mol. The molecule has 0 aromatic heterocycles. The molecule has 0 aromatic carbocycles. The first-order chi connectivity index (χ1) is 8.06. The first-order valence-electron chi connectivity index (χ1n) is 5.41. The van der Waals surface area contributed by atoms with Crippen LogP contribution in [0.5, 0.6) is 0 Å². The number of unbranched alkanes of at least 4 members (excludes halogenated alkanes) is 2. The Bertz CT molecular complexity index is 197. The molecule has 0 amide bonds. The van der Waals surface area contributed by atoms with Crippen LogP contribution in [0.4, 0.5) is 8.78 Å².